The van der Waals surface area contributed by atoms with Gasteiger partial charge in [-0.3, -0.25) is 0 Å². The van der Waals surface area contributed by atoms with Gasteiger partial charge >= 0.3 is 0 Å². The van der Waals surface area contributed by atoms with E-state index >= 15 is 0 Å². The zero-order chi connectivity index (χ0) is 7.28. The van der Waals surface area contributed by atoms with Crippen LogP contribution in [0.25, 0.3) is 0 Å². The van der Waals surface area contributed by atoms with E-state index < -0.39 is 6.43 Å². The van der Waals surface area contributed by atoms with Crippen molar-refractivity contribution in [2.75, 3.05) is 0 Å². The molecule has 56 valence electrons. The Bertz CT molecular complexity index is 61.9. The Hall–Kier alpha value is -0.140. The Labute approximate surface area is 55.3 Å². The highest BCUT2D eigenvalue weighted by Gasteiger charge is 2.04. The van der Waals surface area contributed by atoms with Crippen molar-refractivity contribution in [1.29, 1.82) is 0 Å². The van der Waals surface area contributed by atoms with Gasteiger partial charge in [-0.1, -0.05) is 20.3 Å². The van der Waals surface area contributed by atoms with Crippen LogP contribution in [0.5, 0.6) is 0 Å². The molecule has 0 aliphatic heterocycles. The van der Waals surface area contributed by atoms with Crippen molar-refractivity contribution in [3.05, 3.63) is 0 Å². The highest BCUT2D eigenvalue weighted by atomic mass is 19.3. The van der Waals surface area contributed by atoms with Gasteiger partial charge in [0, 0.05) is 6.42 Å². The topological polar surface area (TPSA) is 0 Å². The normalized spacial score (nSPS) is 14.3. The maximum absolute atomic E-state index is 11.5. The van der Waals surface area contributed by atoms with Gasteiger partial charge in [-0.25, -0.2) is 8.78 Å². The first-order valence-electron chi connectivity index (χ1n) is 3.45. The maximum atomic E-state index is 11.5. The number of hydrogen-bond acceptors (Lipinski definition) is 0. The molecule has 0 aromatic rings. The van der Waals surface area contributed by atoms with Gasteiger partial charge in [-0.2, -0.15) is 0 Å². The summed E-state index contributed by atoms with van der Waals surface area (Å²) in [6.07, 6.45) is -0.380. The second-order valence-corrected chi connectivity index (χ2v) is 2.48. The van der Waals surface area contributed by atoms with Gasteiger partial charge in [0.15, 0.2) is 0 Å². The summed E-state index contributed by atoms with van der Waals surface area (Å²) in [6, 6.07) is 0. The molecule has 1 atom stereocenters. The molecule has 0 radical (unpaired) electrons. The maximum Gasteiger partial charge on any atom is 0.238 e. The minimum atomic E-state index is -2.11. The van der Waals surface area contributed by atoms with Gasteiger partial charge in [0.25, 0.3) is 0 Å². The van der Waals surface area contributed by atoms with Crippen molar-refractivity contribution in [1.82, 2.24) is 0 Å². The van der Waals surface area contributed by atoms with Gasteiger partial charge in [0.1, 0.15) is 0 Å². The lowest BCUT2D eigenvalue weighted by Crippen LogP contribution is -1.96. The minimum absolute atomic E-state index is 0.0645. The van der Waals surface area contributed by atoms with Crippen molar-refractivity contribution < 1.29 is 8.78 Å². The van der Waals surface area contributed by atoms with E-state index in [2.05, 4.69) is 0 Å². The molecule has 2 heteroatoms. The Morgan fingerprint density at radius 1 is 1.22 bits per heavy atom. The SMILES string of the molecule is CC[C@H](C)CCC(F)F. The standard InChI is InChI=1S/C7H14F2/c1-3-6(2)4-5-7(8)9/h6-7H,3-5H2,1-2H3/t6-/m0/s1. The summed E-state index contributed by atoms with van der Waals surface area (Å²) in [5.41, 5.74) is 0. The molecule has 0 aromatic heterocycles. The summed E-state index contributed by atoms with van der Waals surface area (Å²) in [5.74, 6) is 0.457. The van der Waals surface area contributed by atoms with Crippen LogP contribution in [0.2, 0.25) is 0 Å². The van der Waals surface area contributed by atoms with Crippen molar-refractivity contribution >= 4 is 0 Å². The average Bonchev–Trinajstić information content (AvgIpc) is 1.83. The predicted octanol–water partition coefficient (Wildman–Crippen LogP) is 3.08. The second-order valence-electron chi connectivity index (χ2n) is 2.48. The van der Waals surface area contributed by atoms with Crippen LogP contribution in [-0.2, 0) is 0 Å². The van der Waals surface area contributed by atoms with Gasteiger partial charge in [-0.15, -0.1) is 0 Å². The van der Waals surface area contributed by atoms with E-state index in [0.717, 1.165) is 6.42 Å². The monoisotopic (exact) mass is 136 g/mol. The molecule has 0 N–H and O–H groups in total. The molecular weight excluding hydrogens is 122 g/mol. The first-order chi connectivity index (χ1) is 4.16. The highest BCUT2D eigenvalue weighted by molar-refractivity contribution is 4.50. The average molecular weight is 136 g/mol. The highest BCUT2D eigenvalue weighted by Crippen LogP contribution is 2.13. The van der Waals surface area contributed by atoms with Crippen LogP contribution >= 0.6 is 0 Å². The predicted molar refractivity (Wildman–Crippen MR) is 34.7 cm³/mol. The molecule has 0 aliphatic rings. The lowest BCUT2D eigenvalue weighted by molar-refractivity contribution is 0.128. The number of alkyl halides is 2. The van der Waals surface area contributed by atoms with Crippen molar-refractivity contribution in [3.8, 4) is 0 Å². The van der Waals surface area contributed by atoms with E-state index in [9.17, 15) is 8.78 Å². The van der Waals surface area contributed by atoms with Gasteiger partial charge in [-0.05, 0) is 12.3 Å². The molecule has 0 spiro atoms. The zero-order valence-corrected chi connectivity index (χ0v) is 6.03. The molecule has 0 saturated carbocycles. The summed E-state index contributed by atoms with van der Waals surface area (Å²) in [6.45, 7) is 4.03. The summed E-state index contributed by atoms with van der Waals surface area (Å²) < 4.78 is 23.1. The molecule has 0 aromatic carbocycles. The molecule has 0 fully saturated rings. The lowest BCUT2D eigenvalue weighted by atomic mass is 10.0. The van der Waals surface area contributed by atoms with Gasteiger partial charge < -0.3 is 0 Å². The summed E-state index contributed by atoms with van der Waals surface area (Å²) in [4.78, 5) is 0. The molecule has 9 heavy (non-hydrogen) atoms. The summed E-state index contributed by atoms with van der Waals surface area (Å²) >= 11 is 0. The molecule has 0 aliphatic carbocycles. The fourth-order valence-corrected chi connectivity index (χ4v) is 0.615. The molecule has 0 nitrogen and oxygen atoms in total. The molecule has 0 heterocycles. The van der Waals surface area contributed by atoms with Crippen LogP contribution < -0.4 is 0 Å². The lowest BCUT2D eigenvalue weighted by Gasteiger charge is -2.05. The Morgan fingerprint density at radius 3 is 2.11 bits per heavy atom. The third kappa shape index (κ3) is 5.74. The number of hydrogen-bond donors (Lipinski definition) is 0. The van der Waals surface area contributed by atoms with Crippen LogP contribution in [0.4, 0.5) is 8.78 Å². The Kier molecular flexibility index (Phi) is 4.64. The van der Waals surface area contributed by atoms with Crippen molar-refractivity contribution in [2.45, 2.75) is 39.5 Å². The van der Waals surface area contributed by atoms with E-state index in [1.54, 1.807) is 0 Å². The van der Waals surface area contributed by atoms with Gasteiger partial charge in [0.05, 0.1) is 0 Å². The van der Waals surface area contributed by atoms with Gasteiger partial charge in [0.2, 0.25) is 6.43 Å². The number of rotatable bonds is 4. The van der Waals surface area contributed by atoms with Crippen LogP contribution in [0.15, 0.2) is 0 Å². The Balaban J connectivity index is 3.06. The van der Waals surface area contributed by atoms with Crippen molar-refractivity contribution in [2.24, 2.45) is 5.92 Å². The molecule has 0 bridgehead atoms. The van der Waals surface area contributed by atoms with Crippen LogP contribution in [0, 0.1) is 5.92 Å². The molecular formula is C7H14F2. The van der Waals surface area contributed by atoms with Crippen molar-refractivity contribution in [3.63, 3.8) is 0 Å². The largest absolute Gasteiger partial charge is 0.238 e. The van der Waals surface area contributed by atoms with Crippen LogP contribution in [0.1, 0.15) is 33.1 Å². The third-order valence-electron chi connectivity index (χ3n) is 1.57. The van der Waals surface area contributed by atoms with E-state index in [1.807, 2.05) is 13.8 Å². The summed E-state index contributed by atoms with van der Waals surface area (Å²) in [7, 11) is 0. The smallest absolute Gasteiger partial charge is 0.211 e. The summed E-state index contributed by atoms with van der Waals surface area (Å²) in [5, 5.41) is 0. The Morgan fingerprint density at radius 2 is 1.78 bits per heavy atom. The molecule has 0 saturated heterocycles. The van der Waals surface area contributed by atoms with E-state index in [4.69, 9.17) is 0 Å². The van der Waals surface area contributed by atoms with E-state index in [0.29, 0.717) is 12.3 Å². The van der Waals surface area contributed by atoms with E-state index in [-0.39, 0.29) is 6.42 Å². The first-order valence-corrected chi connectivity index (χ1v) is 3.45. The molecule has 0 rings (SSSR count). The molecule has 0 unspecified atom stereocenters. The second kappa shape index (κ2) is 4.71. The van der Waals surface area contributed by atoms with E-state index in [1.165, 1.54) is 0 Å². The quantitative estimate of drug-likeness (QED) is 0.557. The first kappa shape index (κ1) is 8.86. The minimum Gasteiger partial charge on any atom is -0.211 e. The van der Waals surface area contributed by atoms with Crippen LogP contribution in [-0.4, -0.2) is 6.43 Å². The third-order valence-corrected chi connectivity index (χ3v) is 1.57. The fourth-order valence-electron chi connectivity index (χ4n) is 0.615. The fraction of sp³-hybridized carbons (Fsp3) is 1.00. The molecule has 0 amide bonds. The zero-order valence-electron chi connectivity index (χ0n) is 6.03. The van der Waals surface area contributed by atoms with Crippen LogP contribution in [0.3, 0.4) is 0 Å². The number of halogens is 2.